The Bertz CT molecular complexity index is 1380. The molecule has 4 aromatic rings. The molecule has 2 N–H and O–H groups in total. The van der Waals surface area contributed by atoms with Crippen LogP contribution in [0, 0.1) is 5.82 Å². The number of carbonyl (C=O) groups excluding carboxylic acids is 1. The summed E-state index contributed by atoms with van der Waals surface area (Å²) in [5.74, 6) is 0.819. The molecule has 0 radical (unpaired) electrons. The van der Waals surface area contributed by atoms with E-state index in [0.29, 0.717) is 40.8 Å². The molecule has 0 spiro atoms. The molecule has 174 valence electrons. The number of halogens is 2. The number of aliphatic hydroxyl groups excluding tert-OH is 1. The van der Waals surface area contributed by atoms with Gasteiger partial charge in [-0.05, 0) is 35.4 Å². The molecule has 4 heterocycles. The van der Waals surface area contributed by atoms with Gasteiger partial charge in [0.1, 0.15) is 23.1 Å². The zero-order valence-corrected chi connectivity index (χ0v) is 19.1. The predicted molar refractivity (Wildman–Crippen MR) is 126 cm³/mol. The standard InChI is InChI=1S/C24H22ClFN6O2/c1-30-23(4-5-28-30)29-22-10-19(20(25)11-27-22)17-9-21-24(34)32(7-6-31(21)13-17)12-16-8-18(26)3-2-15(16)14-33/h2-5,8-11,13,33H,6-7,12,14H2,1H3,(H,27,29). The molecule has 1 aromatic carbocycles. The number of nitrogens with zero attached hydrogens (tertiary/aromatic N) is 5. The van der Waals surface area contributed by atoms with Gasteiger partial charge in [-0.1, -0.05) is 17.7 Å². The maximum Gasteiger partial charge on any atom is 0.270 e. The van der Waals surface area contributed by atoms with Crippen LogP contribution in [0.3, 0.4) is 0 Å². The van der Waals surface area contributed by atoms with E-state index in [1.165, 1.54) is 12.1 Å². The van der Waals surface area contributed by atoms with Gasteiger partial charge < -0.3 is 19.9 Å². The van der Waals surface area contributed by atoms with E-state index in [2.05, 4.69) is 15.4 Å². The summed E-state index contributed by atoms with van der Waals surface area (Å²) in [5.41, 5.74) is 3.27. The van der Waals surface area contributed by atoms with Crippen LogP contribution in [0.1, 0.15) is 21.6 Å². The lowest BCUT2D eigenvalue weighted by atomic mass is 10.1. The number of aromatic nitrogens is 4. The summed E-state index contributed by atoms with van der Waals surface area (Å²) in [6.07, 6.45) is 5.16. The molecule has 5 rings (SSSR count). The van der Waals surface area contributed by atoms with Gasteiger partial charge in [-0.2, -0.15) is 5.10 Å². The zero-order chi connectivity index (χ0) is 23.8. The van der Waals surface area contributed by atoms with Crippen molar-refractivity contribution in [1.82, 2.24) is 24.2 Å². The first kappa shape index (κ1) is 22.1. The van der Waals surface area contributed by atoms with Crippen LogP contribution in [0.25, 0.3) is 11.1 Å². The van der Waals surface area contributed by atoms with E-state index in [-0.39, 0.29) is 19.1 Å². The van der Waals surface area contributed by atoms with Crippen molar-refractivity contribution in [3.63, 3.8) is 0 Å². The Balaban J connectivity index is 1.41. The largest absolute Gasteiger partial charge is 0.392 e. The number of pyridine rings is 1. The monoisotopic (exact) mass is 480 g/mol. The van der Waals surface area contributed by atoms with Crippen molar-refractivity contribution in [3.8, 4) is 11.1 Å². The number of hydrogen-bond acceptors (Lipinski definition) is 5. The van der Waals surface area contributed by atoms with Crippen LogP contribution in [-0.4, -0.2) is 41.8 Å². The quantitative estimate of drug-likeness (QED) is 0.436. The van der Waals surface area contributed by atoms with Crippen LogP contribution < -0.4 is 5.32 Å². The second kappa shape index (κ2) is 8.92. The first-order chi connectivity index (χ1) is 16.4. The van der Waals surface area contributed by atoms with Crippen molar-refractivity contribution >= 4 is 29.1 Å². The van der Waals surface area contributed by atoms with Gasteiger partial charge in [0.2, 0.25) is 0 Å². The van der Waals surface area contributed by atoms with Crippen molar-refractivity contribution < 1.29 is 14.3 Å². The third kappa shape index (κ3) is 4.15. The topological polar surface area (TPSA) is 88.2 Å². The Morgan fingerprint density at radius 2 is 2.03 bits per heavy atom. The Morgan fingerprint density at radius 3 is 2.79 bits per heavy atom. The minimum absolute atomic E-state index is 0.163. The van der Waals surface area contributed by atoms with Gasteiger partial charge in [-0.25, -0.2) is 9.37 Å². The van der Waals surface area contributed by atoms with E-state index in [1.807, 2.05) is 36.0 Å². The zero-order valence-electron chi connectivity index (χ0n) is 18.4. The smallest absolute Gasteiger partial charge is 0.270 e. The van der Waals surface area contributed by atoms with Gasteiger partial charge in [0, 0.05) is 56.3 Å². The number of fused-ring (bicyclic) bond motifs is 1. The highest BCUT2D eigenvalue weighted by atomic mass is 35.5. The second-order valence-electron chi connectivity index (χ2n) is 8.12. The Hall–Kier alpha value is -3.69. The van der Waals surface area contributed by atoms with Gasteiger partial charge in [0.05, 0.1) is 17.8 Å². The molecule has 0 aliphatic carbocycles. The Labute approximate surface area is 200 Å². The number of rotatable bonds is 6. The molecule has 0 saturated carbocycles. The molecule has 1 aliphatic heterocycles. The van der Waals surface area contributed by atoms with E-state index in [0.717, 1.165) is 16.9 Å². The molecule has 0 saturated heterocycles. The summed E-state index contributed by atoms with van der Waals surface area (Å²) in [4.78, 5) is 19.2. The van der Waals surface area contributed by atoms with Crippen LogP contribution in [0.15, 0.2) is 55.0 Å². The number of amides is 1. The highest BCUT2D eigenvalue weighted by Gasteiger charge is 2.27. The molecule has 10 heteroatoms. The SMILES string of the molecule is Cn1nccc1Nc1cc(-c2cc3n(c2)CCN(Cc2cc(F)ccc2CO)C3=O)c(Cl)cn1. The van der Waals surface area contributed by atoms with E-state index in [1.54, 1.807) is 28.0 Å². The molecule has 34 heavy (non-hydrogen) atoms. The van der Waals surface area contributed by atoms with Crippen molar-refractivity contribution in [2.75, 3.05) is 11.9 Å². The van der Waals surface area contributed by atoms with Gasteiger partial charge in [-0.3, -0.25) is 9.48 Å². The van der Waals surface area contributed by atoms with E-state index in [9.17, 15) is 14.3 Å². The lowest BCUT2D eigenvalue weighted by Crippen LogP contribution is -2.39. The van der Waals surface area contributed by atoms with Crippen LogP contribution in [0.2, 0.25) is 5.02 Å². The molecular weight excluding hydrogens is 459 g/mol. The molecule has 1 amide bonds. The number of aryl methyl sites for hydroxylation is 1. The fourth-order valence-corrected chi connectivity index (χ4v) is 4.33. The highest BCUT2D eigenvalue weighted by molar-refractivity contribution is 6.33. The molecule has 0 fully saturated rings. The maximum absolute atomic E-state index is 13.8. The Kier molecular flexibility index (Phi) is 5.80. The second-order valence-corrected chi connectivity index (χ2v) is 8.53. The van der Waals surface area contributed by atoms with Crippen molar-refractivity contribution in [3.05, 3.63) is 82.6 Å². The minimum atomic E-state index is -0.398. The number of benzene rings is 1. The van der Waals surface area contributed by atoms with E-state index in [4.69, 9.17) is 11.6 Å². The normalized spacial score (nSPS) is 13.3. The number of carbonyl (C=O) groups is 1. The molecular formula is C24H22ClFN6O2. The van der Waals surface area contributed by atoms with Crippen molar-refractivity contribution in [1.29, 1.82) is 0 Å². The average Bonchev–Trinajstić information content (AvgIpc) is 3.44. The first-order valence-corrected chi connectivity index (χ1v) is 11.1. The average molecular weight is 481 g/mol. The lowest BCUT2D eigenvalue weighted by Gasteiger charge is -2.29. The van der Waals surface area contributed by atoms with Crippen LogP contribution >= 0.6 is 11.6 Å². The summed E-state index contributed by atoms with van der Waals surface area (Å²) < 4.78 is 17.4. The van der Waals surface area contributed by atoms with Crippen molar-refractivity contribution in [2.24, 2.45) is 7.05 Å². The van der Waals surface area contributed by atoms with E-state index >= 15 is 0 Å². The maximum atomic E-state index is 13.8. The Morgan fingerprint density at radius 1 is 1.18 bits per heavy atom. The highest BCUT2D eigenvalue weighted by Crippen LogP contribution is 2.33. The number of hydrogen-bond donors (Lipinski definition) is 2. The molecule has 0 bridgehead atoms. The number of aliphatic hydroxyl groups is 1. The van der Waals surface area contributed by atoms with Gasteiger partial charge in [-0.15, -0.1) is 0 Å². The summed E-state index contributed by atoms with van der Waals surface area (Å²) in [6, 6.07) is 9.69. The lowest BCUT2D eigenvalue weighted by molar-refractivity contribution is 0.0689. The number of nitrogens with one attached hydrogen (secondary N) is 1. The minimum Gasteiger partial charge on any atom is -0.392 e. The molecule has 0 unspecified atom stereocenters. The third-order valence-corrected chi connectivity index (χ3v) is 6.26. The predicted octanol–water partition coefficient (Wildman–Crippen LogP) is 3.97. The van der Waals surface area contributed by atoms with Gasteiger partial charge in [0.15, 0.2) is 0 Å². The summed E-state index contributed by atoms with van der Waals surface area (Å²) >= 11 is 6.46. The van der Waals surface area contributed by atoms with Gasteiger partial charge >= 0.3 is 0 Å². The third-order valence-electron chi connectivity index (χ3n) is 5.96. The van der Waals surface area contributed by atoms with Crippen LogP contribution in [0.4, 0.5) is 16.0 Å². The fraction of sp³-hybridized carbons (Fsp3) is 0.208. The fourth-order valence-electron chi connectivity index (χ4n) is 4.12. The van der Waals surface area contributed by atoms with Crippen LogP contribution in [0.5, 0.6) is 0 Å². The summed E-state index contributed by atoms with van der Waals surface area (Å²) in [5, 5.41) is 17.4. The van der Waals surface area contributed by atoms with Crippen molar-refractivity contribution in [2.45, 2.75) is 19.7 Å². The first-order valence-electron chi connectivity index (χ1n) is 10.7. The molecule has 1 aliphatic rings. The summed E-state index contributed by atoms with van der Waals surface area (Å²) in [7, 11) is 1.83. The molecule has 0 atom stereocenters. The molecule has 3 aromatic heterocycles. The number of anilines is 2. The summed E-state index contributed by atoms with van der Waals surface area (Å²) in [6.45, 7) is 1.07. The van der Waals surface area contributed by atoms with Crippen LogP contribution in [-0.2, 0) is 26.7 Å². The molecule has 8 nitrogen and oxygen atoms in total. The van der Waals surface area contributed by atoms with E-state index < -0.39 is 5.82 Å². The van der Waals surface area contributed by atoms with Gasteiger partial charge in [0.25, 0.3) is 5.91 Å².